The molecule has 1 atom stereocenters. The summed E-state index contributed by atoms with van der Waals surface area (Å²) >= 11 is 12.7. The molecule has 2 aromatic heterocycles. The van der Waals surface area contributed by atoms with Gasteiger partial charge in [0, 0.05) is 58.3 Å². The summed E-state index contributed by atoms with van der Waals surface area (Å²) in [6.07, 6.45) is 5.62. The van der Waals surface area contributed by atoms with E-state index in [4.69, 9.17) is 27.9 Å². The van der Waals surface area contributed by atoms with Gasteiger partial charge in [-0.3, -0.25) is 14.8 Å². The number of aromatic nitrogens is 3. The van der Waals surface area contributed by atoms with Crippen LogP contribution in [0.3, 0.4) is 0 Å². The number of pyridine rings is 1. The second-order valence-electron chi connectivity index (χ2n) is 7.38. The van der Waals surface area contributed by atoms with Crippen LogP contribution < -0.4 is 4.74 Å². The van der Waals surface area contributed by atoms with Gasteiger partial charge in [-0.1, -0.05) is 36.2 Å². The second-order valence-corrected chi connectivity index (χ2v) is 8.15. The van der Waals surface area contributed by atoms with Crippen molar-refractivity contribution in [3.8, 4) is 16.9 Å². The topological polar surface area (TPSA) is 65.0 Å². The van der Waals surface area contributed by atoms with Gasteiger partial charge in [0.15, 0.2) is 0 Å². The van der Waals surface area contributed by atoms with Crippen LogP contribution in [0.15, 0.2) is 36.8 Å². The minimum Gasteiger partial charge on any atom is -0.493 e. The van der Waals surface area contributed by atoms with E-state index in [1.54, 1.807) is 6.20 Å². The summed E-state index contributed by atoms with van der Waals surface area (Å²) in [5.74, 6) is 0.316. The summed E-state index contributed by atoms with van der Waals surface area (Å²) in [4.78, 5) is 25.7. The lowest BCUT2D eigenvalue weighted by Crippen LogP contribution is -2.13. The quantitative estimate of drug-likeness (QED) is 0.404. The van der Waals surface area contributed by atoms with Gasteiger partial charge in [0.1, 0.15) is 16.7 Å². The summed E-state index contributed by atoms with van der Waals surface area (Å²) in [7, 11) is 0. The second kappa shape index (κ2) is 10.2. The van der Waals surface area contributed by atoms with Crippen LogP contribution in [0.1, 0.15) is 48.7 Å². The molecule has 1 aromatic carbocycles. The molecule has 0 aliphatic heterocycles. The SMILES string of the molecule is CCOc1c(C(C)C(=O)CCc2nccnc2Cl)cc(Cl)c(C)c1-c1ccc(C)nc1. The molecule has 0 aliphatic rings. The van der Waals surface area contributed by atoms with E-state index in [-0.39, 0.29) is 12.2 Å². The zero-order valence-electron chi connectivity index (χ0n) is 18.1. The fraction of sp³-hybridized carbons (Fsp3) is 0.333. The average molecular weight is 458 g/mol. The molecule has 0 spiro atoms. The Bertz CT molecular complexity index is 1080. The van der Waals surface area contributed by atoms with E-state index in [1.807, 2.05) is 52.1 Å². The number of ketones is 1. The first-order valence-corrected chi connectivity index (χ1v) is 11.0. The Labute approximate surface area is 192 Å². The molecule has 0 N–H and O–H groups in total. The highest BCUT2D eigenvalue weighted by Gasteiger charge is 2.25. The number of hydrogen-bond acceptors (Lipinski definition) is 5. The molecule has 0 aliphatic carbocycles. The summed E-state index contributed by atoms with van der Waals surface area (Å²) < 4.78 is 6.06. The van der Waals surface area contributed by atoms with Crippen LogP contribution in [0, 0.1) is 13.8 Å². The van der Waals surface area contributed by atoms with Crippen molar-refractivity contribution in [3.63, 3.8) is 0 Å². The van der Waals surface area contributed by atoms with Crippen molar-refractivity contribution >= 4 is 29.0 Å². The first kappa shape index (κ1) is 23.2. The fourth-order valence-electron chi connectivity index (χ4n) is 3.48. The van der Waals surface area contributed by atoms with Crippen LogP contribution in [0.2, 0.25) is 10.2 Å². The number of Topliss-reactive ketones (excluding diaryl/α,β-unsaturated/α-hetero) is 1. The van der Waals surface area contributed by atoms with Crippen molar-refractivity contribution in [1.29, 1.82) is 0 Å². The number of benzene rings is 1. The van der Waals surface area contributed by atoms with Crippen LogP contribution in [-0.2, 0) is 11.2 Å². The predicted octanol–water partition coefficient (Wildman–Crippen LogP) is 6.17. The molecule has 0 saturated carbocycles. The monoisotopic (exact) mass is 457 g/mol. The molecule has 0 saturated heterocycles. The van der Waals surface area contributed by atoms with Crippen molar-refractivity contribution in [2.75, 3.05) is 6.61 Å². The lowest BCUT2D eigenvalue weighted by Gasteiger charge is -2.22. The number of halogens is 2. The third-order valence-electron chi connectivity index (χ3n) is 5.27. The van der Waals surface area contributed by atoms with Gasteiger partial charge in [-0.05, 0) is 44.9 Å². The van der Waals surface area contributed by atoms with Gasteiger partial charge < -0.3 is 4.74 Å². The standard InChI is InChI=1S/C24H25Cl2N3O2/c1-5-31-23-18(15(3)21(30)9-8-20-24(26)28-11-10-27-20)12-19(25)16(4)22(23)17-7-6-14(2)29-13-17/h6-7,10-13,15H,5,8-9H2,1-4H3. The molecule has 7 heteroatoms. The number of carbonyl (C=O) groups is 1. The maximum atomic E-state index is 13.1. The first-order chi connectivity index (χ1) is 14.8. The van der Waals surface area contributed by atoms with E-state index < -0.39 is 5.92 Å². The molecule has 5 nitrogen and oxygen atoms in total. The van der Waals surface area contributed by atoms with Gasteiger partial charge >= 0.3 is 0 Å². The third-order valence-corrected chi connectivity index (χ3v) is 5.98. The lowest BCUT2D eigenvalue weighted by atomic mass is 9.88. The Morgan fingerprint density at radius 2 is 1.87 bits per heavy atom. The van der Waals surface area contributed by atoms with Gasteiger partial charge in [0.2, 0.25) is 0 Å². The Kier molecular flexibility index (Phi) is 7.63. The van der Waals surface area contributed by atoms with Crippen LogP contribution >= 0.6 is 23.2 Å². The molecule has 0 fully saturated rings. The molecule has 162 valence electrons. The number of carbonyl (C=O) groups excluding carboxylic acids is 1. The van der Waals surface area contributed by atoms with Gasteiger partial charge in [-0.25, -0.2) is 4.98 Å². The first-order valence-electron chi connectivity index (χ1n) is 10.2. The van der Waals surface area contributed by atoms with Crippen LogP contribution in [0.4, 0.5) is 0 Å². The van der Waals surface area contributed by atoms with E-state index in [0.717, 1.165) is 27.9 Å². The summed E-state index contributed by atoms with van der Waals surface area (Å²) in [5.41, 5.74) is 4.97. The lowest BCUT2D eigenvalue weighted by molar-refractivity contribution is -0.120. The Balaban J connectivity index is 1.98. The van der Waals surface area contributed by atoms with Gasteiger partial charge in [0.05, 0.1) is 12.3 Å². The highest BCUT2D eigenvalue weighted by atomic mass is 35.5. The van der Waals surface area contributed by atoms with E-state index in [9.17, 15) is 4.79 Å². The minimum atomic E-state index is -0.410. The zero-order chi connectivity index (χ0) is 22.5. The molecule has 3 rings (SSSR count). The average Bonchev–Trinajstić information content (AvgIpc) is 2.76. The number of ether oxygens (including phenoxy) is 1. The third kappa shape index (κ3) is 5.23. The van der Waals surface area contributed by atoms with Gasteiger partial charge in [-0.15, -0.1) is 0 Å². The molecule has 3 aromatic rings. The molecule has 1 unspecified atom stereocenters. The smallest absolute Gasteiger partial charge is 0.150 e. The van der Waals surface area contributed by atoms with Crippen LogP contribution in [0.25, 0.3) is 11.1 Å². The molecule has 0 amide bonds. The molecule has 0 radical (unpaired) electrons. The Hall–Kier alpha value is -2.50. The summed E-state index contributed by atoms with van der Waals surface area (Å²) in [6, 6.07) is 5.78. The van der Waals surface area contributed by atoms with E-state index in [2.05, 4.69) is 15.0 Å². The molecule has 0 bridgehead atoms. The largest absolute Gasteiger partial charge is 0.493 e. The van der Waals surface area contributed by atoms with Crippen molar-refractivity contribution < 1.29 is 9.53 Å². The zero-order valence-corrected chi connectivity index (χ0v) is 19.6. The van der Waals surface area contributed by atoms with E-state index in [1.165, 1.54) is 6.20 Å². The number of nitrogens with zero attached hydrogens (tertiary/aromatic N) is 3. The highest BCUT2D eigenvalue weighted by Crippen LogP contribution is 2.43. The maximum Gasteiger partial charge on any atom is 0.150 e. The van der Waals surface area contributed by atoms with E-state index in [0.29, 0.717) is 34.6 Å². The number of hydrogen-bond donors (Lipinski definition) is 0. The van der Waals surface area contributed by atoms with Crippen molar-refractivity contribution in [1.82, 2.24) is 15.0 Å². The Morgan fingerprint density at radius 1 is 1.13 bits per heavy atom. The number of aryl methyl sites for hydroxylation is 2. The molecular formula is C24H25Cl2N3O2. The summed E-state index contributed by atoms with van der Waals surface area (Å²) in [6.45, 7) is 8.16. The van der Waals surface area contributed by atoms with Crippen LogP contribution in [-0.4, -0.2) is 27.3 Å². The van der Waals surface area contributed by atoms with Crippen molar-refractivity contribution in [3.05, 3.63) is 69.5 Å². The molecule has 2 heterocycles. The van der Waals surface area contributed by atoms with E-state index >= 15 is 0 Å². The van der Waals surface area contributed by atoms with Crippen molar-refractivity contribution in [2.45, 2.75) is 46.5 Å². The molecular weight excluding hydrogens is 433 g/mol. The Morgan fingerprint density at radius 3 is 2.52 bits per heavy atom. The maximum absolute atomic E-state index is 13.1. The summed E-state index contributed by atoms with van der Waals surface area (Å²) in [5, 5.41) is 0.913. The minimum absolute atomic E-state index is 0.0515. The van der Waals surface area contributed by atoms with Crippen LogP contribution in [0.5, 0.6) is 5.75 Å². The highest BCUT2D eigenvalue weighted by molar-refractivity contribution is 6.32. The normalized spacial score (nSPS) is 11.9. The van der Waals surface area contributed by atoms with Gasteiger partial charge in [-0.2, -0.15) is 0 Å². The van der Waals surface area contributed by atoms with Gasteiger partial charge in [0.25, 0.3) is 0 Å². The predicted molar refractivity (Wildman–Crippen MR) is 124 cm³/mol. The van der Waals surface area contributed by atoms with Crippen molar-refractivity contribution in [2.24, 2.45) is 0 Å². The molecule has 31 heavy (non-hydrogen) atoms. The fourth-order valence-corrected chi connectivity index (χ4v) is 3.89. The number of rotatable bonds is 8.